The van der Waals surface area contributed by atoms with Crippen molar-refractivity contribution in [1.82, 2.24) is 20.0 Å². The summed E-state index contributed by atoms with van der Waals surface area (Å²) >= 11 is 1.36. The van der Waals surface area contributed by atoms with Gasteiger partial charge in [0.2, 0.25) is 0 Å². The van der Waals surface area contributed by atoms with Crippen LogP contribution in [0.15, 0.2) is 35.8 Å². The summed E-state index contributed by atoms with van der Waals surface area (Å²) in [5, 5.41) is 13.3. The van der Waals surface area contributed by atoms with Crippen molar-refractivity contribution in [2.24, 2.45) is 0 Å². The molecule has 7 nitrogen and oxygen atoms in total. The van der Waals surface area contributed by atoms with Crippen LogP contribution in [0.5, 0.6) is 5.75 Å². The molecule has 0 atom stereocenters. The van der Waals surface area contributed by atoms with Crippen molar-refractivity contribution in [3.63, 3.8) is 0 Å². The third-order valence-corrected chi connectivity index (χ3v) is 4.12. The molecule has 24 heavy (non-hydrogen) atoms. The third kappa shape index (κ3) is 3.28. The molecular formula is C16H17N5O2S. The minimum Gasteiger partial charge on any atom is -0.497 e. The molecule has 2 heterocycles. The van der Waals surface area contributed by atoms with Gasteiger partial charge >= 0.3 is 0 Å². The zero-order chi connectivity index (χ0) is 16.9. The number of carbonyl (C=O) groups is 1. The highest BCUT2D eigenvalue weighted by atomic mass is 32.1. The zero-order valence-electron chi connectivity index (χ0n) is 13.4. The molecule has 0 aliphatic heterocycles. The summed E-state index contributed by atoms with van der Waals surface area (Å²) in [5.74, 6) is 0.464. The molecule has 0 spiro atoms. The van der Waals surface area contributed by atoms with Crippen molar-refractivity contribution < 1.29 is 9.53 Å². The number of anilines is 1. The molecule has 0 fully saturated rings. The maximum absolute atomic E-state index is 12.5. The molecule has 1 amide bonds. The van der Waals surface area contributed by atoms with Crippen LogP contribution < -0.4 is 10.1 Å². The smallest absolute Gasteiger partial charge is 0.279 e. The Hall–Kier alpha value is -2.74. The number of carbonyl (C=O) groups excluding carboxylic acids is 1. The van der Waals surface area contributed by atoms with Gasteiger partial charge < -0.3 is 4.74 Å². The Morgan fingerprint density at radius 3 is 2.75 bits per heavy atom. The Morgan fingerprint density at radius 1 is 1.33 bits per heavy atom. The summed E-state index contributed by atoms with van der Waals surface area (Å²) in [5.41, 5.74) is 1.93. The molecule has 1 N–H and O–H groups in total. The number of hydrogen-bond acceptors (Lipinski definition) is 6. The van der Waals surface area contributed by atoms with Gasteiger partial charge in [0.1, 0.15) is 5.75 Å². The van der Waals surface area contributed by atoms with Gasteiger partial charge in [0.15, 0.2) is 10.8 Å². The number of nitrogens with zero attached hydrogens (tertiary/aromatic N) is 4. The number of aromatic nitrogens is 4. The van der Waals surface area contributed by atoms with E-state index >= 15 is 0 Å². The van der Waals surface area contributed by atoms with Crippen LogP contribution in [-0.4, -0.2) is 33.0 Å². The highest BCUT2D eigenvalue weighted by Gasteiger charge is 2.20. The van der Waals surface area contributed by atoms with E-state index in [4.69, 9.17) is 4.74 Å². The van der Waals surface area contributed by atoms with Crippen LogP contribution in [0, 0.1) is 0 Å². The Kier molecular flexibility index (Phi) is 4.85. The lowest BCUT2D eigenvalue weighted by atomic mass is 10.2. The number of thiazole rings is 1. The van der Waals surface area contributed by atoms with Gasteiger partial charge in [-0.05, 0) is 30.7 Å². The second-order valence-corrected chi connectivity index (χ2v) is 5.93. The number of ether oxygens (including phenoxy) is 1. The van der Waals surface area contributed by atoms with Gasteiger partial charge in [-0.2, -0.15) is 0 Å². The van der Waals surface area contributed by atoms with Crippen LogP contribution in [0.2, 0.25) is 0 Å². The van der Waals surface area contributed by atoms with Crippen LogP contribution in [-0.2, 0) is 6.42 Å². The fourth-order valence-electron chi connectivity index (χ4n) is 2.31. The van der Waals surface area contributed by atoms with Gasteiger partial charge in [-0.25, -0.2) is 9.67 Å². The summed E-state index contributed by atoms with van der Waals surface area (Å²) in [6.45, 7) is 2.05. The molecule has 0 radical (unpaired) electrons. The average molecular weight is 343 g/mol. The van der Waals surface area contributed by atoms with Crippen LogP contribution >= 0.6 is 11.3 Å². The Balaban J connectivity index is 1.92. The summed E-state index contributed by atoms with van der Waals surface area (Å²) in [6.07, 6.45) is 3.21. The van der Waals surface area contributed by atoms with Gasteiger partial charge in [-0.3, -0.25) is 10.1 Å². The molecule has 0 bridgehead atoms. The first-order valence-corrected chi connectivity index (χ1v) is 8.40. The molecule has 3 aromatic rings. The van der Waals surface area contributed by atoms with E-state index in [9.17, 15) is 4.79 Å². The van der Waals surface area contributed by atoms with Crippen LogP contribution in [0.4, 0.5) is 5.13 Å². The predicted octanol–water partition coefficient (Wildman–Crippen LogP) is 2.94. The molecule has 2 aromatic heterocycles. The lowest BCUT2D eigenvalue weighted by Gasteiger charge is -2.08. The van der Waals surface area contributed by atoms with E-state index in [0.29, 0.717) is 17.2 Å². The normalized spacial score (nSPS) is 10.6. The second-order valence-electron chi connectivity index (χ2n) is 5.04. The minimum atomic E-state index is -0.298. The number of hydrogen-bond donors (Lipinski definition) is 1. The SMILES string of the molecule is CCCc1c(C(=O)Nc2nccs2)nnn1-c1ccc(OC)cc1. The first kappa shape index (κ1) is 16.1. The number of rotatable bonds is 6. The lowest BCUT2D eigenvalue weighted by molar-refractivity contribution is 0.102. The zero-order valence-corrected chi connectivity index (χ0v) is 14.2. The maximum Gasteiger partial charge on any atom is 0.279 e. The molecular weight excluding hydrogens is 326 g/mol. The molecule has 8 heteroatoms. The van der Waals surface area contributed by atoms with Gasteiger partial charge in [-0.1, -0.05) is 18.6 Å². The van der Waals surface area contributed by atoms with E-state index in [1.54, 1.807) is 23.4 Å². The van der Waals surface area contributed by atoms with Crippen molar-refractivity contribution in [3.8, 4) is 11.4 Å². The summed E-state index contributed by atoms with van der Waals surface area (Å²) < 4.78 is 6.86. The van der Waals surface area contributed by atoms with Crippen LogP contribution in [0.25, 0.3) is 5.69 Å². The number of nitrogens with one attached hydrogen (secondary N) is 1. The predicted molar refractivity (Wildman–Crippen MR) is 92.0 cm³/mol. The van der Waals surface area contributed by atoms with E-state index in [2.05, 4.69) is 20.6 Å². The first-order valence-electron chi connectivity index (χ1n) is 7.52. The number of methoxy groups -OCH3 is 1. The van der Waals surface area contributed by atoms with Gasteiger partial charge in [0, 0.05) is 11.6 Å². The second kappa shape index (κ2) is 7.22. The summed E-state index contributed by atoms with van der Waals surface area (Å²) in [6, 6.07) is 7.47. The number of benzene rings is 1. The molecule has 0 saturated carbocycles. The molecule has 0 unspecified atom stereocenters. The fourth-order valence-corrected chi connectivity index (χ4v) is 2.84. The van der Waals surface area contributed by atoms with Crippen molar-refractivity contribution in [2.45, 2.75) is 19.8 Å². The molecule has 0 aliphatic carbocycles. The van der Waals surface area contributed by atoms with Crippen molar-refractivity contribution >= 4 is 22.4 Å². The highest BCUT2D eigenvalue weighted by Crippen LogP contribution is 2.19. The molecule has 1 aromatic carbocycles. The minimum absolute atomic E-state index is 0.298. The van der Waals surface area contributed by atoms with Crippen molar-refractivity contribution in [3.05, 3.63) is 47.2 Å². The average Bonchev–Trinajstić information content (AvgIpc) is 3.25. The standard InChI is InChI=1S/C16H17N5O2S/c1-3-4-13-14(15(22)18-16-17-9-10-24-16)19-20-21(13)11-5-7-12(23-2)8-6-11/h5-10H,3-4H2,1-2H3,(H,17,18,22). The fraction of sp³-hybridized carbons (Fsp3) is 0.250. The summed E-state index contributed by atoms with van der Waals surface area (Å²) in [7, 11) is 1.62. The first-order chi connectivity index (χ1) is 11.7. The molecule has 0 saturated heterocycles. The Morgan fingerprint density at radius 2 is 2.12 bits per heavy atom. The lowest BCUT2D eigenvalue weighted by Crippen LogP contribution is -2.15. The summed E-state index contributed by atoms with van der Waals surface area (Å²) in [4.78, 5) is 16.5. The number of amides is 1. The van der Waals surface area contributed by atoms with Crippen molar-refractivity contribution in [2.75, 3.05) is 12.4 Å². The van der Waals surface area contributed by atoms with E-state index in [-0.39, 0.29) is 5.91 Å². The largest absolute Gasteiger partial charge is 0.497 e. The Bertz CT molecular complexity index is 812. The highest BCUT2D eigenvalue weighted by molar-refractivity contribution is 7.13. The maximum atomic E-state index is 12.5. The van der Waals surface area contributed by atoms with Gasteiger partial charge in [0.25, 0.3) is 5.91 Å². The molecule has 0 aliphatic rings. The topological polar surface area (TPSA) is 81.9 Å². The third-order valence-electron chi connectivity index (χ3n) is 3.43. The van der Waals surface area contributed by atoms with Crippen molar-refractivity contribution in [1.29, 1.82) is 0 Å². The Labute approximate surface area is 143 Å². The molecule has 3 rings (SSSR count). The quantitative estimate of drug-likeness (QED) is 0.744. The van der Waals surface area contributed by atoms with E-state index < -0.39 is 0 Å². The van der Waals surface area contributed by atoms with E-state index in [0.717, 1.165) is 23.6 Å². The van der Waals surface area contributed by atoms with Crippen LogP contribution in [0.1, 0.15) is 29.5 Å². The van der Waals surface area contributed by atoms with E-state index in [1.807, 2.05) is 31.2 Å². The molecule has 124 valence electrons. The van der Waals surface area contributed by atoms with Gasteiger partial charge in [0.05, 0.1) is 18.5 Å². The monoisotopic (exact) mass is 343 g/mol. The van der Waals surface area contributed by atoms with Crippen LogP contribution in [0.3, 0.4) is 0 Å². The van der Waals surface area contributed by atoms with E-state index in [1.165, 1.54) is 11.3 Å². The van der Waals surface area contributed by atoms with Gasteiger partial charge in [-0.15, -0.1) is 16.4 Å².